The molecule has 0 bridgehead atoms. The molecule has 0 spiro atoms. The van der Waals surface area contributed by atoms with E-state index >= 15 is 30.3 Å². The van der Waals surface area contributed by atoms with Crippen LogP contribution in [0.4, 0.5) is 0 Å². The van der Waals surface area contributed by atoms with Crippen molar-refractivity contribution in [1.29, 1.82) is 0 Å². The highest BCUT2D eigenvalue weighted by Gasteiger charge is 3.05. The molecule has 1 fully saturated rings. The molecule has 0 aliphatic heterocycles. The van der Waals surface area contributed by atoms with Gasteiger partial charge < -0.3 is 5.11 Å². The lowest BCUT2D eigenvalue weighted by atomic mass is 9.23. The van der Waals surface area contributed by atoms with Crippen molar-refractivity contribution in [2.24, 2.45) is 0 Å². The number of nitro groups is 3. The predicted molar refractivity (Wildman–Crippen MR) is 306 cm³/mol. The van der Waals surface area contributed by atoms with Crippen LogP contribution in [0.3, 0.4) is 0 Å². The molecule has 0 aromatic heterocycles. The van der Waals surface area contributed by atoms with Gasteiger partial charge in [0, 0.05) is 31.5 Å². The lowest BCUT2D eigenvalue weighted by molar-refractivity contribution is -0.791. The van der Waals surface area contributed by atoms with E-state index in [1.54, 1.807) is 170 Å². The quantitative estimate of drug-likeness (QED) is 0.0748. The molecule has 388 valence electrons. The predicted octanol–water partition coefficient (Wildman–Crippen LogP) is 14.1. The molecule has 10 heteroatoms. The Balaban J connectivity index is 1.60. The Kier molecular flexibility index (Phi) is 13.3. The number of benzene rings is 10. The van der Waals surface area contributed by atoms with Crippen LogP contribution >= 0.6 is 0 Å². The third-order valence-corrected chi connectivity index (χ3v) is 17.3. The van der Waals surface area contributed by atoms with Gasteiger partial charge in [0.05, 0.1) is 10.8 Å². The van der Waals surface area contributed by atoms with Gasteiger partial charge in [-0.3, -0.25) is 30.3 Å². The van der Waals surface area contributed by atoms with Crippen molar-refractivity contribution in [2.75, 3.05) is 0 Å². The van der Waals surface area contributed by atoms with Gasteiger partial charge in [-0.1, -0.05) is 303 Å². The molecule has 11 rings (SSSR count). The monoisotopic (exact) mass is 1040 g/mol. The maximum atomic E-state index is 17.0. The fourth-order valence-electron chi connectivity index (χ4n) is 15.0. The highest BCUT2D eigenvalue weighted by molar-refractivity contribution is 5.71. The minimum Gasteiger partial charge on any atom is -0.380 e. The largest absolute Gasteiger partial charge is 0.394 e. The van der Waals surface area contributed by atoms with E-state index in [-0.39, 0.29) is 39.8 Å². The molecule has 1 aliphatic rings. The van der Waals surface area contributed by atoms with Gasteiger partial charge in [0.15, 0.2) is 0 Å². The molecule has 1 aliphatic carbocycles. The zero-order chi connectivity index (χ0) is 54.8. The Bertz CT molecular complexity index is 3600. The van der Waals surface area contributed by atoms with Gasteiger partial charge in [0.1, 0.15) is 11.0 Å². The van der Waals surface area contributed by atoms with Crippen molar-refractivity contribution in [3.8, 4) is 0 Å². The second-order valence-corrected chi connectivity index (χ2v) is 20.3. The Morgan fingerprint density at radius 1 is 0.291 bits per heavy atom. The summed E-state index contributed by atoms with van der Waals surface area (Å²) in [6.45, 7) is 0. The first-order valence-corrected chi connectivity index (χ1v) is 26.3. The van der Waals surface area contributed by atoms with Crippen molar-refractivity contribution in [2.45, 2.75) is 51.3 Å². The van der Waals surface area contributed by atoms with Crippen molar-refractivity contribution in [3.05, 3.63) is 389 Å². The van der Waals surface area contributed by atoms with Crippen molar-refractivity contribution in [3.63, 3.8) is 0 Å². The smallest absolute Gasteiger partial charge is 0.380 e. The Morgan fingerprint density at radius 2 is 0.519 bits per heavy atom. The molecule has 1 N–H and O–H groups in total. The van der Waals surface area contributed by atoms with E-state index in [9.17, 15) is 5.11 Å². The van der Waals surface area contributed by atoms with E-state index in [1.165, 1.54) is 36.4 Å². The molecule has 10 aromatic rings. The zero-order valence-electron chi connectivity index (χ0n) is 43.0. The summed E-state index contributed by atoms with van der Waals surface area (Å²) in [4.78, 5) is 48.9. The Morgan fingerprint density at radius 3 is 0.810 bits per heavy atom. The highest BCUT2D eigenvalue weighted by atomic mass is 16.7. The van der Waals surface area contributed by atoms with Gasteiger partial charge in [-0.25, -0.2) is 0 Å². The van der Waals surface area contributed by atoms with Gasteiger partial charge in [-0.05, 0) is 51.8 Å². The normalized spacial score (nSPS) is 21.3. The zero-order valence-corrected chi connectivity index (χ0v) is 43.0. The number of nitrogens with zero attached hydrogens (tertiary/aromatic N) is 3. The molecule has 4 atom stereocenters. The van der Waals surface area contributed by atoms with E-state index < -0.39 is 59.7 Å². The average molecular weight is 1040 g/mol. The molecular weight excluding hydrogens is 983 g/mol. The maximum Gasteiger partial charge on any atom is 0.394 e. The van der Waals surface area contributed by atoms with Crippen molar-refractivity contribution < 1.29 is 19.9 Å². The summed E-state index contributed by atoms with van der Waals surface area (Å²) in [5.74, 6) is 0. The van der Waals surface area contributed by atoms with Crippen molar-refractivity contribution >= 4 is 0 Å². The first-order chi connectivity index (χ1) is 38.6. The molecule has 79 heavy (non-hydrogen) atoms. The molecule has 0 amide bonds. The van der Waals surface area contributed by atoms with Crippen LogP contribution in [-0.4, -0.2) is 19.9 Å². The molecule has 0 saturated heterocycles. The van der Waals surface area contributed by atoms with Crippen LogP contribution in [0.5, 0.6) is 0 Å². The Labute approximate surface area is 458 Å². The van der Waals surface area contributed by atoms with Crippen LogP contribution < -0.4 is 0 Å². The summed E-state index contributed by atoms with van der Waals surface area (Å²) < 4.78 is 0. The molecule has 10 aromatic carbocycles. The standard InChI is InChI=1S/C69H55N3O7/c73-63(53-31-11-1-12-32-53,54-33-13-2-14-34-54)51-52-64(55-35-15-3-16-36-55)65(56-37-17-4-18-38-56,57-39-19-5-20-40-57)66(58-41-21-6-22-42-58,59-43-23-7-24-44-59)68(71(76)77,61-47-27-9-28-48-61)69(72(78)79,62-49-29-10-30-50-62)67(64,70(74)75)60-45-25-8-26-46-60/h1-50,73H,51-52H2. The lowest BCUT2D eigenvalue weighted by Crippen LogP contribution is -2.92. The SMILES string of the molecule is O=[N+]([O-])C1(c2ccccc2)C(CCC(O)(c2ccccc2)c2ccccc2)(c2ccccc2)C(c2ccccc2)(c2ccccc2)C(c2ccccc2)(c2ccccc2)C(c2ccccc2)([N+](=O)[O-])C1(c1ccccc1)[N+](=O)[O-]. The number of hydrogen-bond donors (Lipinski definition) is 1. The van der Waals surface area contributed by atoms with Crippen molar-refractivity contribution in [1.82, 2.24) is 0 Å². The minimum atomic E-state index is -3.52. The van der Waals surface area contributed by atoms with Crippen LogP contribution in [0, 0.1) is 30.3 Å². The number of rotatable bonds is 16. The summed E-state index contributed by atoms with van der Waals surface area (Å²) in [5.41, 5.74) is -17.5. The lowest BCUT2D eigenvalue weighted by Gasteiger charge is -2.72. The summed E-state index contributed by atoms with van der Waals surface area (Å²) in [5, 5.41) is 64.9. The fourth-order valence-corrected chi connectivity index (χ4v) is 15.0. The summed E-state index contributed by atoms with van der Waals surface area (Å²) in [7, 11) is 0. The van der Waals surface area contributed by atoms with Gasteiger partial charge in [0.2, 0.25) is 0 Å². The van der Waals surface area contributed by atoms with E-state index in [2.05, 4.69) is 0 Å². The van der Waals surface area contributed by atoms with Crippen LogP contribution in [0.25, 0.3) is 0 Å². The second-order valence-electron chi connectivity index (χ2n) is 20.3. The number of hydrogen-bond acceptors (Lipinski definition) is 7. The van der Waals surface area contributed by atoms with Gasteiger partial charge in [-0.15, -0.1) is 0 Å². The van der Waals surface area contributed by atoms with Crippen LogP contribution in [-0.2, 0) is 38.5 Å². The first-order valence-electron chi connectivity index (χ1n) is 26.3. The summed E-state index contributed by atoms with van der Waals surface area (Å²) >= 11 is 0. The van der Waals surface area contributed by atoms with Crippen LogP contribution in [0.2, 0.25) is 0 Å². The maximum absolute atomic E-state index is 17.0. The molecule has 4 unspecified atom stereocenters. The third-order valence-electron chi connectivity index (χ3n) is 17.3. The van der Waals surface area contributed by atoms with E-state index in [0.29, 0.717) is 22.3 Å². The number of aliphatic hydroxyl groups is 1. The van der Waals surface area contributed by atoms with Crippen LogP contribution in [0.15, 0.2) is 303 Å². The van der Waals surface area contributed by atoms with E-state index in [1.807, 2.05) is 97.1 Å². The highest BCUT2D eigenvalue weighted by Crippen LogP contribution is 2.84. The molecular formula is C69H55N3O7. The molecule has 0 heterocycles. The average Bonchev–Trinajstić information content (AvgIpc) is 0.921. The minimum absolute atomic E-state index is 0.154. The van der Waals surface area contributed by atoms with Gasteiger partial charge in [0.25, 0.3) is 0 Å². The first kappa shape index (κ1) is 51.5. The summed E-state index contributed by atoms with van der Waals surface area (Å²) in [6, 6.07) is 86.8. The topological polar surface area (TPSA) is 150 Å². The van der Waals surface area contributed by atoms with Crippen LogP contribution in [0.1, 0.15) is 68.5 Å². The fraction of sp³-hybridized carbons (Fsp3) is 0.130. The van der Waals surface area contributed by atoms with E-state index in [4.69, 9.17) is 0 Å². The van der Waals surface area contributed by atoms with E-state index in [0.717, 1.165) is 0 Å². The second kappa shape index (κ2) is 20.4. The molecule has 0 radical (unpaired) electrons. The third kappa shape index (κ3) is 6.87. The molecule has 10 nitrogen and oxygen atoms in total. The Hall–Kier alpha value is -9.64. The summed E-state index contributed by atoms with van der Waals surface area (Å²) in [6.07, 6.45) is -0.762. The van der Waals surface area contributed by atoms with Gasteiger partial charge >= 0.3 is 16.6 Å². The van der Waals surface area contributed by atoms with Gasteiger partial charge in [-0.2, -0.15) is 0 Å². The molecule has 1 saturated carbocycles.